The third-order valence-corrected chi connectivity index (χ3v) is 2.76. The molecule has 7 heteroatoms. The molecule has 0 aliphatic carbocycles. The first-order chi connectivity index (χ1) is 9.71. The number of nitrogens with one attached hydrogen (secondary N) is 1. The Labute approximate surface area is 118 Å². The van der Waals surface area contributed by atoms with Gasteiger partial charge in [-0.05, 0) is 12.1 Å². The molecule has 0 bridgehead atoms. The molecule has 0 atom stereocenters. The Bertz CT molecular complexity index is 455. The molecule has 0 saturated carbocycles. The van der Waals surface area contributed by atoms with Gasteiger partial charge in [-0.25, -0.2) is 5.84 Å². The number of carbonyl (C=O) groups is 1. The molecule has 0 aromatic carbocycles. The van der Waals surface area contributed by atoms with Gasteiger partial charge in [-0.2, -0.15) is 5.26 Å². The number of carbonyl (C=O) groups excluding carboxylic acids is 1. The Morgan fingerprint density at radius 1 is 1.55 bits per heavy atom. The third-order valence-electron chi connectivity index (χ3n) is 2.76. The summed E-state index contributed by atoms with van der Waals surface area (Å²) >= 11 is 0. The quantitative estimate of drug-likeness (QED) is 0.395. The number of methoxy groups -OCH3 is 1. The normalized spacial score (nSPS) is 10.3. The molecule has 0 radical (unpaired) electrons. The molecule has 108 valence electrons. The van der Waals surface area contributed by atoms with Crippen LogP contribution in [0.15, 0.2) is 18.3 Å². The van der Waals surface area contributed by atoms with Gasteiger partial charge in [-0.1, -0.05) is 0 Å². The topological polar surface area (TPSA) is 104 Å². The number of nitrogens with zero attached hydrogens (tertiary/aromatic N) is 3. The van der Waals surface area contributed by atoms with Crippen molar-refractivity contribution >= 4 is 5.91 Å². The van der Waals surface area contributed by atoms with Crippen LogP contribution in [0.4, 0.5) is 0 Å². The Hall–Kier alpha value is -2.01. The van der Waals surface area contributed by atoms with E-state index < -0.39 is 0 Å². The molecule has 7 nitrogen and oxygen atoms in total. The zero-order valence-electron chi connectivity index (χ0n) is 11.5. The first-order valence-corrected chi connectivity index (χ1v) is 6.25. The molecule has 1 amide bonds. The summed E-state index contributed by atoms with van der Waals surface area (Å²) in [7, 11) is 1.64. The number of amides is 1. The number of ether oxygens (including phenoxy) is 1. The predicted octanol–water partition coefficient (Wildman–Crippen LogP) is 0.0472. The fourth-order valence-corrected chi connectivity index (χ4v) is 1.66. The average Bonchev–Trinajstić information content (AvgIpc) is 2.49. The van der Waals surface area contributed by atoms with Crippen LogP contribution < -0.4 is 11.3 Å². The number of nitriles is 1. The smallest absolute Gasteiger partial charge is 0.266 e. The van der Waals surface area contributed by atoms with Crippen LogP contribution in [0.1, 0.15) is 22.5 Å². The maximum atomic E-state index is 11.3. The van der Waals surface area contributed by atoms with Crippen molar-refractivity contribution in [3.8, 4) is 6.07 Å². The fourth-order valence-electron chi connectivity index (χ4n) is 1.66. The molecule has 1 aromatic rings. The van der Waals surface area contributed by atoms with Crippen LogP contribution in [-0.2, 0) is 11.3 Å². The van der Waals surface area contributed by atoms with Crippen molar-refractivity contribution in [3.05, 3.63) is 29.6 Å². The second-order valence-electron chi connectivity index (χ2n) is 4.19. The van der Waals surface area contributed by atoms with Crippen molar-refractivity contribution in [1.82, 2.24) is 15.3 Å². The van der Waals surface area contributed by atoms with Crippen LogP contribution in [0.2, 0.25) is 0 Å². The summed E-state index contributed by atoms with van der Waals surface area (Å²) in [6.45, 7) is 2.59. The summed E-state index contributed by atoms with van der Waals surface area (Å²) in [5.74, 6) is 4.68. The number of hydrazine groups is 1. The van der Waals surface area contributed by atoms with Gasteiger partial charge in [-0.3, -0.25) is 20.1 Å². The summed E-state index contributed by atoms with van der Waals surface area (Å²) in [6.07, 6.45) is 1.94. The summed E-state index contributed by atoms with van der Waals surface area (Å²) in [5.41, 5.74) is 3.30. The van der Waals surface area contributed by atoms with Crippen LogP contribution in [0.3, 0.4) is 0 Å². The monoisotopic (exact) mass is 277 g/mol. The molecular formula is C13H19N5O2. The van der Waals surface area contributed by atoms with E-state index in [1.54, 1.807) is 19.2 Å². The standard InChI is InChI=1S/C13H19N5O2/c1-20-8-7-18(6-2-5-14)10-12-4-3-11(9-16-12)13(19)17-15/h3-4,9H,2,6-8,10,15H2,1H3,(H,17,19). The van der Waals surface area contributed by atoms with Gasteiger partial charge in [0.15, 0.2) is 0 Å². The van der Waals surface area contributed by atoms with E-state index in [2.05, 4.69) is 21.4 Å². The van der Waals surface area contributed by atoms with Crippen molar-refractivity contribution in [1.29, 1.82) is 5.26 Å². The van der Waals surface area contributed by atoms with Gasteiger partial charge in [0.1, 0.15) is 0 Å². The van der Waals surface area contributed by atoms with Crippen molar-refractivity contribution in [2.24, 2.45) is 5.84 Å². The first kappa shape index (κ1) is 16.0. The third kappa shape index (κ3) is 5.32. The maximum absolute atomic E-state index is 11.3. The lowest BCUT2D eigenvalue weighted by atomic mass is 10.2. The van der Waals surface area contributed by atoms with Gasteiger partial charge in [0, 0.05) is 39.4 Å². The molecule has 1 aromatic heterocycles. The maximum Gasteiger partial charge on any atom is 0.266 e. The Morgan fingerprint density at radius 2 is 2.35 bits per heavy atom. The summed E-state index contributed by atoms with van der Waals surface area (Å²) in [6, 6.07) is 5.57. The highest BCUT2D eigenvalue weighted by molar-refractivity contribution is 5.93. The van der Waals surface area contributed by atoms with E-state index in [0.717, 1.165) is 12.2 Å². The SMILES string of the molecule is COCCN(CCC#N)Cc1ccc(C(=O)NN)cn1. The van der Waals surface area contributed by atoms with E-state index in [0.29, 0.717) is 31.7 Å². The van der Waals surface area contributed by atoms with Crippen LogP contribution in [0.5, 0.6) is 0 Å². The van der Waals surface area contributed by atoms with Crippen molar-refractivity contribution < 1.29 is 9.53 Å². The first-order valence-electron chi connectivity index (χ1n) is 6.25. The average molecular weight is 277 g/mol. The van der Waals surface area contributed by atoms with Gasteiger partial charge in [0.2, 0.25) is 0 Å². The molecule has 0 aliphatic rings. The lowest BCUT2D eigenvalue weighted by Crippen LogP contribution is -2.30. The van der Waals surface area contributed by atoms with Gasteiger partial charge < -0.3 is 4.74 Å². The largest absolute Gasteiger partial charge is 0.383 e. The van der Waals surface area contributed by atoms with E-state index >= 15 is 0 Å². The van der Waals surface area contributed by atoms with Crippen molar-refractivity contribution in [2.45, 2.75) is 13.0 Å². The van der Waals surface area contributed by atoms with Gasteiger partial charge in [0.25, 0.3) is 5.91 Å². The van der Waals surface area contributed by atoms with Crippen LogP contribution >= 0.6 is 0 Å². The van der Waals surface area contributed by atoms with Gasteiger partial charge in [0.05, 0.1) is 23.9 Å². The molecule has 0 fully saturated rings. The summed E-state index contributed by atoms with van der Waals surface area (Å²) in [5, 5.41) is 8.65. The molecule has 1 rings (SSSR count). The van der Waals surface area contributed by atoms with E-state index in [4.69, 9.17) is 15.8 Å². The minimum Gasteiger partial charge on any atom is -0.383 e. The lowest BCUT2D eigenvalue weighted by molar-refractivity contribution is 0.0953. The van der Waals surface area contributed by atoms with Crippen LogP contribution in [-0.4, -0.2) is 42.6 Å². The Morgan fingerprint density at radius 3 is 2.90 bits per heavy atom. The number of nitrogens with two attached hydrogens (primary N) is 1. The number of hydrogen-bond donors (Lipinski definition) is 2. The number of hydrogen-bond acceptors (Lipinski definition) is 6. The molecule has 3 N–H and O–H groups in total. The lowest BCUT2D eigenvalue weighted by Gasteiger charge is -2.20. The molecule has 0 spiro atoms. The van der Waals surface area contributed by atoms with Crippen molar-refractivity contribution in [3.63, 3.8) is 0 Å². The zero-order chi connectivity index (χ0) is 14.8. The highest BCUT2D eigenvalue weighted by atomic mass is 16.5. The van der Waals surface area contributed by atoms with E-state index in [9.17, 15) is 4.79 Å². The predicted molar refractivity (Wildman–Crippen MR) is 73.3 cm³/mol. The minimum atomic E-state index is -0.371. The van der Waals surface area contributed by atoms with Gasteiger partial charge in [-0.15, -0.1) is 0 Å². The molecule has 1 heterocycles. The highest BCUT2D eigenvalue weighted by Gasteiger charge is 2.08. The summed E-state index contributed by atoms with van der Waals surface area (Å²) < 4.78 is 5.04. The van der Waals surface area contributed by atoms with Crippen molar-refractivity contribution in [2.75, 3.05) is 26.8 Å². The number of nitrogen functional groups attached to an aromatic ring is 1. The van der Waals surface area contributed by atoms with Crippen LogP contribution in [0, 0.1) is 11.3 Å². The van der Waals surface area contributed by atoms with E-state index in [-0.39, 0.29) is 5.91 Å². The highest BCUT2D eigenvalue weighted by Crippen LogP contribution is 2.05. The Kier molecular flexibility index (Phi) is 7.21. The number of pyridine rings is 1. The molecule has 0 aliphatic heterocycles. The second-order valence-corrected chi connectivity index (χ2v) is 4.19. The molecule has 0 saturated heterocycles. The van der Waals surface area contributed by atoms with E-state index in [1.807, 2.05) is 0 Å². The Balaban J connectivity index is 2.63. The molecule has 20 heavy (non-hydrogen) atoms. The molecule has 0 unspecified atom stereocenters. The fraction of sp³-hybridized carbons (Fsp3) is 0.462. The number of rotatable bonds is 8. The van der Waals surface area contributed by atoms with Gasteiger partial charge >= 0.3 is 0 Å². The van der Waals surface area contributed by atoms with Crippen LogP contribution in [0.25, 0.3) is 0 Å². The zero-order valence-corrected chi connectivity index (χ0v) is 11.5. The van der Waals surface area contributed by atoms with E-state index in [1.165, 1.54) is 6.20 Å². The number of aromatic nitrogens is 1. The second kappa shape index (κ2) is 8.98. The summed E-state index contributed by atoms with van der Waals surface area (Å²) in [4.78, 5) is 17.6. The molecular weight excluding hydrogens is 258 g/mol. The minimum absolute atomic E-state index is 0.371.